The van der Waals surface area contributed by atoms with E-state index < -0.39 is 0 Å². The van der Waals surface area contributed by atoms with Gasteiger partial charge in [-0.1, -0.05) is 0 Å². The van der Waals surface area contributed by atoms with Gasteiger partial charge in [-0.2, -0.15) is 5.26 Å². The second-order valence-electron chi connectivity index (χ2n) is 3.04. The van der Waals surface area contributed by atoms with Crippen molar-refractivity contribution >= 4 is 6.08 Å². The van der Waals surface area contributed by atoms with Gasteiger partial charge in [0.25, 0.3) is 6.26 Å². The molecule has 0 aromatic carbocycles. The Morgan fingerprint density at radius 3 is 2.83 bits per heavy atom. The maximum atomic E-state index is 9.74. The zero-order valence-electron chi connectivity index (χ0n) is 6.69. The Morgan fingerprint density at radius 1 is 1.50 bits per heavy atom. The smallest absolute Gasteiger partial charge is 0.286 e. The van der Waals surface area contributed by atoms with Crippen molar-refractivity contribution in [2.75, 3.05) is 13.2 Å². The maximum absolute atomic E-state index is 9.74. The summed E-state index contributed by atoms with van der Waals surface area (Å²) in [5, 5.41) is 8.10. The summed E-state index contributed by atoms with van der Waals surface area (Å²) in [4.78, 5) is 13.2. The van der Waals surface area contributed by atoms with E-state index in [1.807, 2.05) is 0 Å². The molecule has 0 radical (unpaired) electrons. The van der Waals surface area contributed by atoms with Crippen LogP contribution in [0, 0.1) is 23.4 Å². The number of nitrogens with zero attached hydrogens (tertiary/aromatic N) is 2. The van der Waals surface area contributed by atoms with Gasteiger partial charge in [-0.15, -0.1) is 0 Å². The number of aliphatic imine (C=N–C) groups is 1. The van der Waals surface area contributed by atoms with E-state index in [9.17, 15) is 4.79 Å². The van der Waals surface area contributed by atoms with Crippen LogP contribution in [-0.4, -0.2) is 19.2 Å². The van der Waals surface area contributed by atoms with Crippen LogP contribution in [0.15, 0.2) is 4.99 Å². The van der Waals surface area contributed by atoms with Gasteiger partial charge in [0, 0.05) is 0 Å². The number of carbonyl (C=O) groups excluding carboxylic acids is 1. The summed E-state index contributed by atoms with van der Waals surface area (Å²) in [7, 11) is 0. The third-order valence-corrected chi connectivity index (χ3v) is 2.13. The van der Waals surface area contributed by atoms with Crippen molar-refractivity contribution < 1.29 is 9.53 Å². The molecule has 1 saturated carbocycles. The summed E-state index contributed by atoms with van der Waals surface area (Å²) in [6, 6.07) is 0. The minimum atomic E-state index is 0.483. The number of isocyanates is 1. The van der Waals surface area contributed by atoms with E-state index >= 15 is 0 Å². The minimum absolute atomic E-state index is 0.483. The molecule has 4 heteroatoms. The Hall–Kier alpha value is -1.33. The lowest BCUT2D eigenvalue weighted by atomic mass is 9.75. The average Bonchev–Trinajstić information content (AvgIpc) is 2.01. The second kappa shape index (κ2) is 4.53. The first-order valence-corrected chi connectivity index (χ1v) is 3.91. The molecule has 1 rings (SSSR count). The molecule has 0 saturated heterocycles. The van der Waals surface area contributed by atoms with Gasteiger partial charge in [0.1, 0.15) is 6.61 Å². The molecule has 0 N–H and O–H groups in total. The van der Waals surface area contributed by atoms with Crippen molar-refractivity contribution in [3.8, 4) is 6.26 Å². The fourth-order valence-electron chi connectivity index (χ4n) is 1.48. The van der Waals surface area contributed by atoms with Gasteiger partial charge in [-0.05, 0) is 24.7 Å². The predicted octanol–water partition coefficient (Wildman–Crippen LogP) is 0.846. The fraction of sp³-hybridized carbons (Fsp3) is 0.750. The lowest BCUT2D eigenvalue weighted by Crippen LogP contribution is -2.28. The highest BCUT2D eigenvalue weighted by Crippen LogP contribution is 2.33. The molecule has 0 heterocycles. The largest absolute Gasteiger partial charge is 0.427 e. The van der Waals surface area contributed by atoms with Crippen LogP contribution >= 0.6 is 0 Å². The van der Waals surface area contributed by atoms with Crippen molar-refractivity contribution in [3.05, 3.63) is 0 Å². The van der Waals surface area contributed by atoms with Crippen LogP contribution < -0.4 is 0 Å². The van der Waals surface area contributed by atoms with Gasteiger partial charge in [0.05, 0.1) is 6.54 Å². The molecule has 0 spiro atoms. The van der Waals surface area contributed by atoms with Crippen molar-refractivity contribution in [3.63, 3.8) is 0 Å². The summed E-state index contributed by atoms with van der Waals surface area (Å²) in [5.41, 5.74) is 0. The van der Waals surface area contributed by atoms with E-state index in [0.29, 0.717) is 25.0 Å². The number of hydrogen-bond acceptors (Lipinski definition) is 4. The normalized spacial score (nSPS) is 26.2. The van der Waals surface area contributed by atoms with Crippen LogP contribution in [-0.2, 0) is 9.53 Å². The first-order chi connectivity index (χ1) is 5.86. The molecular weight excluding hydrogens is 156 g/mol. The standard InChI is InChI=1S/C8H10N2O2/c9-5-12-4-8-1-7(2-8)3-10-6-11/h7-8H,1-4H2. The van der Waals surface area contributed by atoms with Crippen LogP contribution in [0.4, 0.5) is 0 Å². The van der Waals surface area contributed by atoms with Crippen molar-refractivity contribution in [2.45, 2.75) is 12.8 Å². The molecule has 4 nitrogen and oxygen atoms in total. The topological polar surface area (TPSA) is 62.4 Å². The number of rotatable bonds is 4. The van der Waals surface area contributed by atoms with E-state index in [1.165, 1.54) is 6.08 Å². The van der Waals surface area contributed by atoms with Crippen LogP contribution in [0.2, 0.25) is 0 Å². The molecule has 12 heavy (non-hydrogen) atoms. The summed E-state index contributed by atoms with van der Waals surface area (Å²) < 4.78 is 4.59. The third-order valence-electron chi connectivity index (χ3n) is 2.13. The average molecular weight is 166 g/mol. The highest BCUT2D eigenvalue weighted by Gasteiger charge is 2.29. The molecule has 0 aliphatic heterocycles. The van der Waals surface area contributed by atoms with Gasteiger partial charge >= 0.3 is 0 Å². The first-order valence-electron chi connectivity index (χ1n) is 3.91. The molecular formula is C8H10N2O2. The Bertz CT molecular complexity index is 222. The lowest BCUT2D eigenvalue weighted by molar-refractivity contribution is 0.107. The number of hydrogen-bond donors (Lipinski definition) is 0. The van der Waals surface area contributed by atoms with Crippen LogP contribution in [0.3, 0.4) is 0 Å². The highest BCUT2D eigenvalue weighted by molar-refractivity contribution is 5.32. The SMILES string of the molecule is N#COCC1CC(CN=C=O)C1. The molecule has 0 amide bonds. The zero-order valence-corrected chi connectivity index (χ0v) is 6.69. The first kappa shape index (κ1) is 8.76. The molecule has 0 bridgehead atoms. The van der Waals surface area contributed by atoms with Crippen molar-refractivity contribution in [1.29, 1.82) is 5.26 Å². The quantitative estimate of drug-likeness (QED) is 0.353. The maximum Gasteiger partial charge on any atom is 0.286 e. The zero-order chi connectivity index (χ0) is 8.81. The van der Waals surface area contributed by atoms with E-state index in [-0.39, 0.29) is 0 Å². The second-order valence-corrected chi connectivity index (χ2v) is 3.04. The molecule has 1 aliphatic rings. The molecule has 0 aromatic heterocycles. The molecule has 0 unspecified atom stereocenters. The molecule has 64 valence electrons. The monoisotopic (exact) mass is 166 g/mol. The van der Waals surface area contributed by atoms with Crippen molar-refractivity contribution in [2.24, 2.45) is 16.8 Å². The van der Waals surface area contributed by atoms with E-state index in [4.69, 9.17) is 5.26 Å². The molecule has 0 aromatic rings. The Labute approximate surface area is 70.9 Å². The molecule has 1 fully saturated rings. The van der Waals surface area contributed by atoms with Crippen LogP contribution in [0.25, 0.3) is 0 Å². The van der Waals surface area contributed by atoms with Gasteiger partial charge in [-0.25, -0.2) is 9.79 Å². The van der Waals surface area contributed by atoms with E-state index in [0.717, 1.165) is 12.8 Å². The van der Waals surface area contributed by atoms with Gasteiger partial charge in [0.2, 0.25) is 6.08 Å². The molecule has 0 atom stereocenters. The van der Waals surface area contributed by atoms with Crippen LogP contribution in [0.5, 0.6) is 0 Å². The lowest BCUT2D eigenvalue weighted by Gasteiger charge is -2.32. The fourth-order valence-corrected chi connectivity index (χ4v) is 1.48. The number of nitriles is 1. The summed E-state index contributed by atoms with van der Waals surface area (Å²) in [6.45, 7) is 1.09. The highest BCUT2D eigenvalue weighted by atomic mass is 16.5. The summed E-state index contributed by atoms with van der Waals surface area (Å²) >= 11 is 0. The van der Waals surface area contributed by atoms with Crippen LogP contribution in [0.1, 0.15) is 12.8 Å². The summed E-state index contributed by atoms with van der Waals surface area (Å²) in [5.74, 6) is 0.982. The van der Waals surface area contributed by atoms with E-state index in [1.54, 1.807) is 6.26 Å². The molecule has 1 aliphatic carbocycles. The Morgan fingerprint density at radius 2 is 2.25 bits per heavy atom. The minimum Gasteiger partial charge on any atom is -0.427 e. The summed E-state index contributed by atoms with van der Waals surface area (Å²) in [6.07, 6.45) is 5.17. The predicted molar refractivity (Wildman–Crippen MR) is 40.8 cm³/mol. The Balaban J connectivity index is 2.04. The van der Waals surface area contributed by atoms with Gasteiger partial charge < -0.3 is 4.74 Å². The van der Waals surface area contributed by atoms with Gasteiger partial charge in [0.15, 0.2) is 0 Å². The van der Waals surface area contributed by atoms with Gasteiger partial charge in [-0.3, -0.25) is 0 Å². The number of ether oxygens (including phenoxy) is 1. The van der Waals surface area contributed by atoms with Crippen molar-refractivity contribution in [1.82, 2.24) is 0 Å². The Kier molecular flexibility index (Phi) is 3.31. The van der Waals surface area contributed by atoms with E-state index in [2.05, 4.69) is 9.73 Å². The third kappa shape index (κ3) is 2.37.